The van der Waals surface area contributed by atoms with Crippen molar-refractivity contribution in [1.29, 1.82) is 0 Å². The summed E-state index contributed by atoms with van der Waals surface area (Å²) in [5, 5.41) is 19.4. The van der Waals surface area contributed by atoms with E-state index in [-0.39, 0.29) is 12.2 Å². The van der Waals surface area contributed by atoms with E-state index >= 15 is 0 Å². The van der Waals surface area contributed by atoms with Gasteiger partial charge in [0.15, 0.2) is 0 Å². The summed E-state index contributed by atoms with van der Waals surface area (Å²) in [7, 11) is 0. The largest absolute Gasteiger partial charge is 0.393 e. The van der Waals surface area contributed by atoms with Gasteiger partial charge < -0.3 is 5.11 Å². The van der Waals surface area contributed by atoms with Crippen LogP contribution in [-0.2, 0) is 6.54 Å². The Kier molecular flexibility index (Phi) is 3.51. The van der Waals surface area contributed by atoms with Crippen LogP contribution in [0.1, 0.15) is 13.3 Å². The first-order valence-corrected chi connectivity index (χ1v) is 4.39. The van der Waals surface area contributed by atoms with Gasteiger partial charge in [0.05, 0.1) is 17.2 Å². The van der Waals surface area contributed by atoms with Crippen LogP contribution in [0.4, 0.5) is 5.69 Å². The van der Waals surface area contributed by atoms with Gasteiger partial charge in [-0.3, -0.25) is 14.7 Å². The minimum atomic E-state index is -0.620. The molecule has 0 radical (unpaired) electrons. The normalized spacial score (nSPS) is 12.4. The van der Waals surface area contributed by atoms with Crippen molar-refractivity contribution in [2.75, 3.05) is 0 Å². The number of aromatic nitrogens is 2. The highest BCUT2D eigenvalue weighted by atomic mass is 16.6. The summed E-state index contributed by atoms with van der Waals surface area (Å²) in [6.07, 6.45) is 1.83. The van der Waals surface area contributed by atoms with Crippen LogP contribution in [0.3, 0.4) is 0 Å². The second-order valence-corrected chi connectivity index (χ2v) is 3.18. The van der Waals surface area contributed by atoms with Gasteiger partial charge in [0.25, 0.3) is 0 Å². The van der Waals surface area contributed by atoms with Crippen LogP contribution in [0, 0.1) is 10.1 Å². The van der Waals surface area contributed by atoms with E-state index in [4.69, 9.17) is 5.11 Å². The predicted octanol–water partition coefficient (Wildman–Crippen LogP) is -0.0776. The Hall–Kier alpha value is -1.76. The number of rotatable bonds is 4. The second-order valence-electron chi connectivity index (χ2n) is 3.18. The van der Waals surface area contributed by atoms with E-state index in [1.165, 1.54) is 0 Å². The first-order chi connectivity index (χ1) is 7.00. The van der Waals surface area contributed by atoms with Gasteiger partial charge in [0.1, 0.15) is 6.20 Å². The molecule has 1 rings (SSSR count). The summed E-state index contributed by atoms with van der Waals surface area (Å²) in [5.74, 6) is 0. The number of nitrogens with zero attached hydrogens (tertiary/aromatic N) is 3. The highest BCUT2D eigenvalue weighted by Crippen LogP contribution is 2.05. The van der Waals surface area contributed by atoms with E-state index in [9.17, 15) is 14.9 Å². The minimum Gasteiger partial charge on any atom is -0.393 e. The van der Waals surface area contributed by atoms with E-state index in [0.717, 1.165) is 17.0 Å². The number of aliphatic hydroxyl groups excluding tert-OH is 1. The van der Waals surface area contributed by atoms with Gasteiger partial charge in [-0.2, -0.15) is 4.98 Å². The third-order valence-corrected chi connectivity index (χ3v) is 1.84. The maximum atomic E-state index is 11.2. The minimum absolute atomic E-state index is 0.213. The van der Waals surface area contributed by atoms with E-state index in [2.05, 4.69) is 4.98 Å². The van der Waals surface area contributed by atoms with Crippen molar-refractivity contribution in [3.63, 3.8) is 0 Å². The molecule has 0 saturated heterocycles. The Morgan fingerprint density at radius 3 is 2.93 bits per heavy atom. The third-order valence-electron chi connectivity index (χ3n) is 1.84. The molecule has 7 heteroatoms. The maximum Gasteiger partial charge on any atom is 0.347 e. The van der Waals surface area contributed by atoms with E-state index in [1.807, 2.05) is 0 Å². The molecule has 0 aliphatic rings. The van der Waals surface area contributed by atoms with Gasteiger partial charge in [-0.15, -0.1) is 0 Å². The fourth-order valence-corrected chi connectivity index (χ4v) is 1.02. The smallest absolute Gasteiger partial charge is 0.347 e. The van der Waals surface area contributed by atoms with Crippen molar-refractivity contribution in [2.45, 2.75) is 26.0 Å². The molecule has 82 valence electrons. The number of hydrogen-bond acceptors (Lipinski definition) is 5. The third kappa shape index (κ3) is 3.13. The zero-order valence-corrected chi connectivity index (χ0v) is 8.16. The number of hydrogen-bond donors (Lipinski definition) is 1. The van der Waals surface area contributed by atoms with Crippen LogP contribution in [0.2, 0.25) is 0 Å². The van der Waals surface area contributed by atoms with Crippen molar-refractivity contribution < 1.29 is 10.0 Å². The van der Waals surface area contributed by atoms with Gasteiger partial charge in [-0.25, -0.2) is 4.79 Å². The van der Waals surface area contributed by atoms with E-state index in [0.29, 0.717) is 6.42 Å². The van der Waals surface area contributed by atoms with Crippen LogP contribution in [0.25, 0.3) is 0 Å². The second kappa shape index (κ2) is 4.65. The van der Waals surface area contributed by atoms with Crippen molar-refractivity contribution in [3.8, 4) is 0 Å². The SMILES string of the molecule is CC(O)CCn1cc([N+](=O)[O-])cnc1=O. The van der Waals surface area contributed by atoms with Crippen LogP contribution < -0.4 is 5.69 Å². The molecule has 1 N–H and O–H groups in total. The molecule has 0 aliphatic carbocycles. The molecule has 7 nitrogen and oxygen atoms in total. The maximum absolute atomic E-state index is 11.2. The molecule has 0 aromatic carbocycles. The van der Waals surface area contributed by atoms with Crippen LogP contribution in [0.5, 0.6) is 0 Å². The summed E-state index contributed by atoms with van der Waals surface area (Å²) in [6, 6.07) is 0. The number of aryl methyl sites for hydroxylation is 1. The summed E-state index contributed by atoms with van der Waals surface area (Å²) in [5.41, 5.74) is -0.790. The molecule has 0 bridgehead atoms. The van der Waals surface area contributed by atoms with Crippen molar-refractivity contribution in [2.24, 2.45) is 0 Å². The Bertz CT molecular complexity index is 413. The molecule has 15 heavy (non-hydrogen) atoms. The molecule has 0 spiro atoms. The Labute approximate surface area is 85.1 Å². The molecule has 1 heterocycles. The fraction of sp³-hybridized carbons (Fsp3) is 0.500. The van der Waals surface area contributed by atoms with E-state index in [1.54, 1.807) is 6.92 Å². The fourth-order valence-electron chi connectivity index (χ4n) is 1.02. The highest BCUT2D eigenvalue weighted by molar-refractivity contribution is 5.20. The molecule has 1 atom stereocenters. The standard InChI is InChI=1S/C8H11N3O4/c1-6(12)2-3-10-5-7(11(14)15)4-9-8(10)13/h4-6,12H,2-3H2,1H3. The van der Waals surface area contributed by atoms with Crippen LogP contribution >= 0.6 is 0 Å². The van der Waals surface area contributed by atoms with Gasteiger partial charge in [0, 0.05) is 6.54 Å². The lowest BCUT2D eigenvalue weighted by molar-refractivity contribution is -0.385. The average molecular weight is 213 g/mol. The molecular weight excluding hydrogens is 202 g/mol. The van der Waals surface area contributed by atoms with Gasteiger partial charge >= 0.3 is 11.4 Å². The topological polar surface area (TPSA) is 98.3 Å². The van der Waals surface area contributed by atoms with Gasteiger partial charge in [-0.1, -0.05) is 0 Å². The monoisotopic (exact) mass is 213 g/mol. The summed E-state index contributed by atoms with van der Waals surface area (Å²) in [6.45, 7) is 1.79. The summed E-state index contributed by atoms with van der Waals surface area (Å²) >= 11 is 0. The van der Waals surface area contributed by atoms with Crippen LogP contribution in [0.15, 0.2) is 17.2 Å². The molecule has 0 aliphatic heterocycles. The van der Waals surface area contributed by atoms with Gasteiger partial charge in [-0.05, 0) is 13.3 Å². The lowest BCUT2D eigenvalue weighted by Gasteiger charge is -2.05. The zero-order chi connectivity index (χ0) is 11.4. The van der Waals surface area contributed by atoms with Crippen molar-refractivity contribution in [3.05, 3.63) is 33.0 Å². The molecule has 0 amide bonds. The Morgan fingerprint density at radius 2 is 2.40 bits per heavy atom. The van der Waals surface area contributed by atoms with Crippen molar-refractivity contribution in [1.82, 2.24) is 9.55 Å². The Morgan fingerprint density at radius 1 is 1.73 bits per heavy atom. The quantitative estimate of drug-likeness (QED) is 0.557. The molecule has 1 unspecified atom stereocenters. The lowest BCUT2D eigenvalue weighted by Crippen LogP contribution is -2.24. The number of aliphatic hydroxyl groups is 1. The average Bonchev–Trinajstić information content (AvgIpc) is 2.16. The molecule has 1 aromatic heterocycles. The summed E-state index contributed by atoms with van der Waals surface area (Å²) in [4.78, 5) is 24.3. The molecular formula is C8H11N3O4. The van der Waals surface area contributed by atoms with Crippen LogP contribution in [-0.4, -0.2) is 25.7 Å². The van der Waals surface area contributed by atoms with Crippen molar-refractivity contribution >= 4 is 5.69 Å². The van der Waals surface area contributed by atoms with Gasteiger partial charge in [0.2, 0.25) is 0 Å². The zero-order valence-electron chi connectivity index (χ0n) is 8.16. The number of nitro groups is 1. The molecule has 0 fully saturated rings. The highest BCUT2D eigenvalue weighted by Gasteiger charge is 2.09. The predicted molar refractivity (Wildman–Crippen MR) is 51.4 cm³/mol. The Balaban J connectivity index is 2.91. The molecule has 1 aromatic rings. The van der Waals surface area contributed by atoms with E-state index < -0.39 is 16.7 Å². The first-order valence-electron chi connectivity index (χ1n) is 4.39. The lowest BCUT2D eigenvalue weighted by atomic mass is 10.3. The first kappa shape index (κ1) is 11.3. The summed E-state index contributed by atoms with van der Waals surface area (Å²) < 4.78 is 1.12. The molecule has 0 saturated carbocycles.